The second-order valence-corrected chi connectivity index (χ2v) is 9.01. The van der Waals surface area contributed by atoms with Crippen molar-refractivity contribution in [2.45, 2.75) is 50.5 Å². The van der Waals surface area contributed by atoms with Gasteiger partial charge in [-0.25, -0.2) is 13.1 Å². The molecule has 1 aromatic heterocycles. The lowest BCUT2D eigenvalue weighted by atomic mass is 10.2. The molecule has 9 heteroatoms. The van der Waals surface area contributed by atoms with Gasteiger partial charge in [-0.3, -0.25) is 9.59 Å². The van der Waals surface area contributed by atoms with E-state index in [4.69, 9.17) is 0 Å². The van der Waals surface area contributed by atoms with Crippen LogP contribution in [0.3, 0.4) is 0 Å². The van der Waals surface area contributed by atoms with Gasteiger partial charge in [-0.15, -0.1) is 0 Å². The third-order valence-electron chi connectivity index (χ3n) is 4.89. The molecule has 0 atom stereocenters. The fourth-order valence-electron chi connectivity index (χ4n) is 3.20. The SMILES string of the molecule is CCCCn1nc(C(=O)Nc2ccc(S(=O)(=O)N3CCCCC3)cc2)ccc1=O. The molecule has 0 bridgehead atoms. The highest BCUT2D eigenvalue weighted by Gasteiger charge is 2.25. The summed E-state index contributed by atoms with van der Waals surface area (Å²) < 4.78 is 28.2. The minimum atomic E-state index is -3.51. The van der Waals surface area contributed by atoms with E-state index in [9.17, 15) is 18.0 Å². The minimum Gasteiger partial charge on any atom is -0.321 e. The van der Waals surface area contributed by atoms with Crippen molar-refractivity contribution >= 4 is 21.6 Å². The van der Waals surface area contributed by atoms with Crippen LogP contribution in [0.2, 0.25) is 0 Å². The zero-order valence-electron chi connectivity index (χ0n) is 16.5. The maximum Gasteiger partial charge on any atom is 0.276 e. The molecule has 1 aliphatic heterocycles. The van der Waals surface area contributed by atoms with Gasteiger partial charge in [-0.2, -0.15) is 9.40 Å². The Bertz CT molecular complexity index is 1010. The van der Waals surface area contributed by atoms with Crippen LogP contribution < -0.4 is 10.9 Å². The van der Waals surface area contributed by atoms with E-state index in [0.717, 1.165) is 32.1 Å². The Morgan fingerprint density at radius 1 is 1.07 bits per heavy atom. The Hall–Kier alpha value is -2.52. The van der Waals surface area contributed by atoms with Crippen LogP contribution in [0.15, 0.2) is 46.1 Å². The average molecular weight is 419 g/mol. The smallest absolute Gasteiger partial charge is 0.276 e. The number of sulfonamides is 1. The molecule has 3 rings (SSSR count). The minimum absolute atomic E-state index is 0.130. The van der Waals surface area contributed by atoms with E-state index in [1.54, 1.807) is 12.1 Å². The van der Waals surface area contributed by atoms with Crippen LogP contribution in [0.1, 0.15) is 49.5 Å². The van der Waals surface area contributed by atoms with E-state index in [-0.39, 0.29) is 16.1 Å². The van der Waals surface area contributed by atoms with Crippen molar-refractivity contribution < 1.29 is 13.2 Å². The van der Waals surface area contributed by atoms with Crippen molar-refractivity contribution in [3.05, 3.63) is 52.4 Å². The van der Waals surface area contributed by atoms with Gasteiger partial charge in [0.25, 0.3) is 11.5 Å². The highest BCUT2D eigenvalue weighted by atomic mass is 32.2. The number of benzene rings is 1. The quantitative estimate of drug-likeness (QED) is 0.744. The molecule has 2 heterocycles. The molecule has 29 heavy (non-hydrogen) atoms. The van der Waals surface area contributed by atoms with E-state index in [0.29, 0.717) is 25.3 Å². The zero-order valence-corrected chi connectivity index (χ0v) is 17.3. The number of amides is 1. The molecule has 1 N–H and O–H groups in total. The van der Waals surface area contributed by atoms with Gasteiger partial charge in [0, 0.05) is 31.4 Å². The Morgan fingerprint density at radius 3 is 2.41 bits per heavy atom. The van der Waals surface area contributed by atoms with Crippen molar-refractivity contribution in [2.24, 2.45) is 0 Å². The standard InChI is InChI=1S/C20H26N4O4S/c1-2-3-15-24-19(25)12-11-18(22-24)20(26)21-16-7-9-17(10-8-16)29(27,28)23-13-5-4-6-14-23/h7-12H,2-6,13-15H2,1H3,(H,21,26). The molecular formula is C20H26N4O4S. The second kappa shape index (κ2) is 9.32. The van der Waals surface area contributed by atoms with Crippen molar-refractivity contribution in [3.8, 4) is 0 Å². The summed E-state index contributed by atoms with van der Waals surface area (Å²) in [6, 6.07) is 8.81. The van der Waals surface area contributed by atoms with Crippen molar-refractivity contribution in [2.75, 3.05) is 18.4 Å². The first-order valence-electron chi connectivity index (χ1n) is 9.91. The van der Waals surface area contributed by atoms with E-state index in [2.05, 4.69) is 10.4 Å². The highest BCUT2D eigenvalue weighted by Crippen LogP contribution is 2.22. The number of anilines is 1. The lowest BCUT2D eigenvalue weighted by Crippen LogP contribution is -2.35. The summed E-state index contributed by atoms with van der Waals surface area (Å²) in [5.41, 5.74) is 0.341. The van der Waals surface area contributed by atoms with Crippen molar-refractivity contribution in [3.63, 3.8) is 0 Å². The summed E-state index contributed by atoms with van der Waals surface area (Å²) in [7, 11) is -3.51. The number of nitrogens with one attached hydrogen (secondary N) is 1. The molecule has 1 amide bonds. The molecule has 2 aromatic rings. The number of carbonyl (C=O) groups is 1. The monoisotopic (exact) mass is 418 g/mol. The van der Waals surface area contributed by atoms with Gasteiger partial charge in [-0.05, 0) is 49.6 Å². The van der Waals surface area contributed by atoms with Crippen LogP contribution in [-0.2, 0) is 16.6 Å². The Balaban J connectivity index is 1.71. The first-order chi connectivity index (χ1) is 13.9. The highest BCUT2D eigenvalue weighted by molar-refractivity contribution is 7.89. The molecule has 0 radical (unpaired) electrons. The maximum atomic E-state index is 12.7. The van der Waals surface area contributed by atoms with Crippen molar-refractivity contribution in [1.82, 2.24) is 14.1 Å². The number of carbonyl (C=O) groups excluding carboxylic acids is 1. The average Bonchev–Trinajstić information content (AvgIpc) is 2.74. The normalized spacial score (nSPS) is 15.2. The van der Waals surface area contributed by atoms with Gasteiger partial charge in [0.15, 0.2) is 0 Å². The largest absolute Gasteiger partial charge is 0.321 e. The van der Waals surface area contributed by atoms with Gasteiger partial charge >= 0.3 is 0 Å². The number of unbranched alkanes of at least 4 members (excludes halogenated alkanes) is 1. The predicted molar refractivity (Wildman–Crippen MR) is 110 cm³/mol. The van der Waals surface area contributed by atoms with Crippen molar-refractivity contribution in [1.29, 1.82) is 0 Å². The van der Waals surface area contributed by atoms with Crippen LogP contribution in [0.5, 0.6) is 0 Å². The van der Waals surface area contributed by atoms with E-state index < -0.39 is 15.9 Å². The summed E-state index contributed by atoms with van der Waals surface area (Å²) in [6.07, 6.45) is 4.51. The number of aromatic nitrogens is 2. The van der Waals surface area contributed by atoms with Gasteiger partial charge in [0.05, 0.1) is 4.90 Å². The summed E-state index contributed by atoms with van der Waals surface area (Å²) in [4.78, 5) is 24.5. The summed E-state index contributed by atoms with van der Waals surface area (Å²) >= 11 is 0. The number of piperidine rings is 1. The fraction of sp³-hybridized carbons (Fsp3) is 0.450. The topological polar surface area (TPSA) is 101 Å². The summed E-state index contributed by atoms with van der Waals surface area (Å²) in [5, 5.41) is 6.81. The van der Waals surface area contributed by atoms with Gasteiger partial charge < -0.3 is 5.32 Å². The van der Waals surface area contributed by atoms with Crippen LogP contribution in [-0.4, -0.2) is 41.5 Å². The maximum absolute atomic E-state index is 12.7. The van der Waals surface area contributed by atoms with E-state index in [1.807, 2.05) is 6.92 Å². The lowest BCUT2D eigenvalue weighted by Gasteiger charge is -2.25. The summed E-state index contributed by atoms with van der Waals surface area (Å²) in [5.74, 6) is -0.457. The van der Waals surface area contributed by atoms with Gasteiger partial charge in [0.1, 0.15) is 5.69 Å². The first-order valence-corrected chi connectivity index (χ1v) is 11.4. The zero-order chi connectivity index (χ0) is 20.9. The number of hydrogen-bond acceptors (Lipinski definition) is 5. The molecule has 156 valence electrons. The lowest BCUT2D eigenvalue weighted by molar-refractivity contribution is 0.101. The van der Waals surface area contributed by atoms with Crippen LogP contribution in [0, 0.1) is 0 Å². The molecule has 0 saturated carbocycles. The molecule has 0 unspecified atom stereocenters. The Labute approximate surface area is 170 Å². The van der Waals surface area contributed by atoms with Gasteiger partial charge in [0.2, 0.25) is 10.0 Å². The molecule has 1 aliphatic rings. The third-order valence-corrected chi connectivity index (χ3v) is 6.80. The molecule has 1 saturated heterocycles. The number of nitrogens with zero attached hydrogens (tertiary/aromatic N) is 3. The van der Waals surface area contributed by atoms with E-state index in [1.165, 1.54) is 33.3 Å². The van der Waals surface area contributed by atoms with Crippen LogP contribution in [0.25, 0.3) is 0 Å². The first kappa shape index (κ1) is 21.2. The molecular weight excluding hydrogens is 392 g/mol. The number of hydrogen-bond donors (Lipinski definition) is 1. The Morgan fingerprint density at radius 2 is 1.76 bits per heavy atom. The molecule has 1 aromatic carbocycles. The Kier molecular flexibility index (Phi) is 6.81. The van der Waals surface area contributed by atoms with Crippen LogP contribution >= 0.6 is 0 Å². The molecule has 8 nitrogen and oxygen atoms in total. The molecule has 0 spiro atoms. The predicted octanol–water partition coefficient (Wildman–Crippen LogP) is 2.47. The molecule has 1 fully saturated rings. The van der Waals surface area contributed by atoms with Crippen LogP contribution in [0.4, 0.5) is 5.69 Å². The van der Waals surface area contributed by atoms with E-state index >= 15 is 0 Å². The number of rotatable bonds is 7. The number of aryl methyl sites for hydroxylation is 1. The summed E-state index contributed by atoms with van der Waals surface area (Å²) in [6.45, 7) is 3.55. The molecule has 0 aliphatic carbocycles. The second-order valence-electron chi connectivity index (χ2n) is 7.08. The third kappa shape index (κ3) is 5.10. The van der Waals surface area contributed by atoms with Gasteiger partial charge in [-0.1, -0.05) is 19.8 Å². The fourth-order valence-corrected chi connectivity index (χ4v) is 4.71.